The topological polar surface area (TPSA) is 47.0 Å². The standard InChI is InChI=1S/C10H17N3O/c1-8(2)11-6-7-14-10-9(3)12-4-5-13-10/h4-5,8,11H,6-7H2,1-3H3. The van der Waals surface area contributed by atoms with Crippen molar-refractivity contribution in [1.82, 2.24) is 15.3 Å². The van der Waals surface area contributed by atoms with Crippen LogP contribution in [0.4, 0.5) is 0 Å². The van der Waals surface area contributed by atoms with Gasteiger partial charge < -0.3 is 10.1 Å². The van der Waals surface area contributed by atoms with Gasteiger partial charge in [0.05, 0.1) is 5.69 Å². The molecular formula is C10H17N3O. The summed E-state index contributed by atoms with van der Waals surface area (Å²) in [7, 11) is 0. The maximum atomic E-state index is 5.45. The third kappa shape index (κ3) is 3.70. The number of nitrogens with zero attached hydrogens (tertiary/aromatic N) is 2. The number of nitrogens with one attached hydrogen (secondary N) is 1. The maximum absolute atomic E-state index is 5.45. The molecule has 0 aromatic carbocycles. The number of rotatable bonds is 5. The Morgan fingerprint density at radius 2 is 2.07 bits per heavy atom. The van der Waals surface area contributed by atoms with Crippen molar-refractivity contribution < 1.29 is 4.74 Å². The van der Waals surface area contributed by atoms with E-state index in [1.807, 2.05) is 6.92 Å². The zero-order valence-corrected chi connectivity index (χ0v) is 8.95. The van der Waals surface area contributed by atoms with Crippen molar-refractivity contribution in [3.8, 4) is 5.88 Å². The smallest absolute Gasteiger partial charge is 0.235 e. The van der Waals surface area contributed by atoms with E-state index in [4.69, 9.17) is 4.74 Å². The van der Waals surface area contributed by atoms with Crippen molar-refractivity contribution in [2.24, 2.45) is 0 Å². The maximum Gasteiger partial charge on any atom is 0.235 e. The molecule has 78 valence electrons. The van der Waals surface area contributed by atoms with Gasteiger partial charge in [0.1, 0.15) is 6.61 Å². The molecule has 1 N–H and O–H groups in total. The highest BCUT2D eigenvalue weighted by atomic mass is 16.5. The van der Waals surface area contributed by atoms with Gasteiger partial charge in [0, 0.05) is 25.0 Å². The Balaban J connectivity index is 2.28. The van der Waals surface area contributed by atoms with E-state index in [1.165, 1.54) is 0 Å². The molecular weight excluding hydrogens is 178 g/mol. The van der Waals surface area contributed by atoms with Gasteiger partial charge in [-0.2, -0.15) is 0 Å². The lowest BCUT2D eigenvalue weighted by Crippen LogP contribution is -2.27. The van der Waals surface area contributed by atoms with Crippen molar-refractivity contribution >= 4 is 0 Å². The van der Waals surface area contributed by atoms with Crippen LogP contribution in [0.25, 0.3) is 0 Å². The molecule has 0 aliphatic carbocycles. The largest absolute Gasteiger partial charge is 0.475 e. The molecule has 4 nitrogen and oxygen atoms in total. The Bertz CT molecular complexity index is 276. The molecule has 1 rings (SSSR count). The van der Waals surface area contributed by atoms with E-state index in [0.717, 1.165) is 12.2 Å². The monoisotopic (exact) mass is 195 g/mol. The molecule has 0 unspecified atom stereocenters. The van der Waals surface area contributed by atoms with Crippen molar-refractivity contribution in [3.05, 3.63) is 18.1 Å². The van der Waals surface area contributed by atoms with Crippen molar-refractivity contribution in [3.63, 3.8) is 0 Å². The van der Waals surface area contributed by atoms with Crippen molar-refractivity contribution in [2.45, 2.75) is 26.8 Å². The fraction of sp³-hybridized carbons (Fsp3) is 0.600. The van der Waals surface area contributed by atoms with Crippen LogP contribution in [-0.4, -0.2) is 29.2 Å². The normalized spacial score (nSPS) is 10.6. The van der Waals surface area contributed by atoms with Gasteiger partial charge in [-0.25, -0.2) is 4.98 Å². The van der Waals surface area contributed by atoms with Crippen LogP contribution in [0.2, 0.25) is 0 Å². The Morgan fingerprint density at radius 3 is 2.71 bits per heavy atom. The summed E-state index contributed by atoms with van der Waals surface area (Å²) < 4.78 is 5.45. The summed E-state index contributed by atoms with van der Waals surface area (Å²) in [6, 6.07) is 0.488. The molecule has 1 aromatic rings. The van der Waals surface area contributed by atoms with Crippen molar-refractivity contribution in [2.75, 3.05) is 13.2 Å². The summed E-state index contributed by atoms with van der Waals surface area (Å²) in [4.78, 5) is 8.17. The third-order valence-electron chi connectivity index (χ3n) is 1.73. The molecule has 0 bridgehead atoms. The second kappa shape index (κ2) is 5.54. The highest BCUT2D eigenvalue weighted by Crippen LogP contribution is 2.08. The first-order valence-corrected chi connectivity index (χ1v) is 4.84. The van der Waals surface area contributed by atoms with Crippen LogP contribution in [0.3, 0.4) is 0 Å². The first-order chi connectivity index (χ1) is 6.70. The minimum Gasteiger partial charge on any atom is -0.475 e. The van der Waals surface area contributed by atoms with E-state index >= 15 is 0 Å². The van der Waals surface area contributed by atoms with Crippen molar-refractivity contribution in [1.29, 1.82) is 0 Å². The molecule has 0 fully saturated rings. The number of ether oxygens (including phenoxy) is 1. The van der Waals surface area contributed by atoms with Crippen LogP contribution in [0.5, 0.6) is 5.88 Å². The molecule has 0 radical (unpaired) electrons. The SMILES string of the molecule is Cc1nccnc1OCCNC(C)C. The van der Waals surface area contributed by atoms with Crippen LogP contribution < -0.4 is 10.1 Å². The predicted molar refractivity (Wildman–Crippen MR) is 55.4 cm³/mol. The molecule has 14 heavy (non-hydrogen) atoms. The fourth-order valence-corrected chi connectivity index (χ4v) is 1.03. The zero-order chi connectivity index (χ0) is 10.4. The fourth-order valence-electron chi connectivity index (χ4n) is 1.03. The molecule has 0 saturated carbocycles. The second-order valence-corrected chi connectivity index (χ2v) is 3.40. The van der Waals surface area contributed by atoms with Crippen LogP contribution in [0, 0.1) is 6.92 Å². The zero-order valence-electron chi connectivity index (χ0n) is 8.95. The minimum absolute atomic E-state index is 0.488. The molecule has 0 saturated heterocycles. The van der Waals surface area contributed by atoms with E-state index in [-0.39, 0.29) is 0 Å². The van der Waals surface area contributed by atoms with Gasteiger partial charge in [-0.3, -0.25) is 4.98 Å². The number of hydrogen-bond donors (Lipinski definition) is 1. The van der Waals surface area contributed by atoms with Gasteiger partial charge >= 0.3 is 0 Å². The number of aromatic nitrogens is 2. The highest BCUT2D eigenvalue weighted by Gasteiger charge is 2.00. The van der Waals surface area contributed by atoms with Crippen LogP contribution >= 0.6 is 0 Å². The molecule has 0 amide bonds. The Labute approximate surface area is 84.7 Å². The first kappa shape index (κ1) is 10.9. The lowest BCUT2D eigenvalue weighted by Gasteiger charge is -2.09. The van der Waals surface area contributed by atoms with Gasteiger partial charge in [0.15, 0.2) is 0 Å². The van der Waals surface area contributed by atoms with E-state index in [0.29, 0.717) is 18.5 Å². The lowest BCUT2D eigenvalue weighted by molar-refractivity contribution is 0.294. The molecule has 0 aliphatic heterocycles. The van der Waals surface area contributed by atoms with Crippen LogP contribution in [0.1, 0.15) is 19.5 Å². The first-order valence-electron chi connectivity index (χ1n) is 4.84. The predicted octanol–water partition coefficient (Wildman–Crippen LogP) is 1.16. The van der Waals surface area contributed by atoms with Gasteiger partial charge in [0.25, 0.3) is 0 Å². The van der Waals surface area contributed by atoms with E-state index in [9.17, 15) is 0 Å². The molecule has 0 atom stereocenters. The summed E-state index contributed by atoms with van der Waals surface area (Å²) in [5.41, 5.74) is 0.831. The van der Waals surface area contributed by atoms with Crippen LogP contribution in [0.15, 0.2) is 12.4 Å². The quantitative estimate of drug-likeness (QED) is 0.716. The summed E-state index contributed by atoms with van der Waals surface area (Å²) in [5.74, 6) is 0.623. The summed E-state index contributed by atoms with van der Waals surface area (Å²) in [6.45, 7) is 7.55. The van der Waals surface area contributed by atoms with Gasteiger partial charge in [-0.05, 0) is 6.92 Å². The molecule has 0 aliphatic rings. The molecule has 4 heteroatoms. The minimum atomic E-state index is 0.488. The number of aryl methyl sites for hydroxylation is 1. The van der Waals surface area contributed by atoms with E-state index < -0.39 is 0 Å². The second-order valence-electron chi connectivity index (χ2n) is 3.40. The van der Waals surface area contributed by atoms with E-state index in [1.54, 1.807) is 12.4 Å². The summed E-state index contributed by atoms with van der Waals surface area (Å²) in [6.07, 6.45) is 3.30. The van der Waals surface area contributed by atoms with E-state index in [2.05, 4.69) is 29.1 Å². The Hall–Kier alpha value is -1.16. The van der Waals surface area contributed by atoms with Crippen LogP contribution in [-0.2, 0) is 0 Å². The summed E-state index contributed by atoms with van der Waals surface area (Å²) >= 11 is 0. The molecule has 0 spiro atoms. The number of hydrogen-bond acceptors (Lipinski definition) is 4. The highest BCUT2D eigenvalue weighted by molar-refractivity contribution is 5.14. The average Bonchev–Trinajstić information content (AvgIpc) is 2.15. The molecule has 1 aromatic heterocycles. The van der Waals surface area contributed by atoms with Gasteiger partial charge in [0.2, 0.25) is 5.88 Å². The Kier molecular flexibility index (Phi) is 4.32. The molecule has 1 heterocycles. The lowest BCUT2D eigenvalue weighted by atomic mass is 10.4. The van der Waals surface area contributed by atoms with Gasteiger partial charge in [-0.15, -0.1) is 0 Å². The average molecular weight is 195 g/mol. The third-order valence-corrected chi connectivity index (χ3v) is 1.73. The Morgan fingerprint density at radius 1 is 1.36 bits per heavy atom. The van der Waals surface area contributed by atoms with Gasteiger partial charge in [-0.1, -0.05) is 13.8 Å². The summed E-state index contributed by atoms with van der Waals surface area (Å²) in [5, 5.41) is 3.26.